The zero-order valence-corrected chi connectivity index (χ0v) is 16.5. The van der Waals surface area contributed by atoms with Gasteiger partial charge in [-0.05, 0) is 35.8 Å². The molecule has 0 amide bonds. The van der Waals surface area contributed by atoms with Gasteiger partial charge in [-0.25, -0.2) is 13.2 Å². The number of carbonyl (C=O) groups excluding carboxylic acids is 1. The van der Waals surface area contributed by atoms with Crippen molar-refractivity contribution in [2.75, 3.05) is 27.6 Å². The molecular formula is C20H24O5S. The highest BCUT2D eigenvalue weighted by atomic mass is 32.2. The fraction of sp³-hybridized carbons (Fsp3) is 0.250. The summed E-state index contributed by atoms with van der Waals surface area (Å²) in [7, 11) is 1.34. The Morgan fingerprint density at radius 3 is 1.77 bits per heavy atom. The largest absolute Gasteiger partial charge is 0.465 e. The average molecular weight is 376 g/mol. The highest BCUT2D eigenvalue weighted by Crippen LogP contribution is 2.27. The SMILES string of the molecule is COC.COC(=O)/C(=C(\C)c1ccc(S(C)(=O)=O)cc1)c1ccccc1. The molecule has 0 atom stereocenters. The molecule has 140 valence electrons. The number of sulfone groups is 1. The van der Waals surface area contributed by atoms with E-state index < -0.39 is 15.8 Å². The van der Waals surface area contributed by atoms with Crippen LogP contribution in [0.1, 0.15) is 18.1 Å². The molecule has 0 unspecified atom stereocenters. The fourth-order valence-electron chi connectivity index (χ4n) is 2.29. The Morgan fingerprint density at radius 2 is 1.35 bits per heavy atom. The van der Waals surface area contributed by atoms with Gasteiger partial charge in [-0.3, -0.25) is 0 Å². The van der Waals surface area contributed by atoms with Crippen molar-refractivity contribution in [3.8, 4) is 0 Å². The predicted octanol–water partition coefficient (Wildman–Crippen LogP) is 3.46. The fourth-order valence-corrected chi connectivity index (χ4v) is 2.92. The lowest BCUT2D eigenvalue weighted by molar-refractivity contribution is -0.133. The third kappa shape index (κ3) is 5.82. The first-order valence-corrected chi connectivity index (χ1v) is 9.70. The van der Waals surface area contributed by atoms with Gasteiger partial charge >= 0.3 is 5.97 Å². The number of hydrogen-bond donors (Lipinski definition) is 0. The Morgan fingerprint density at radius 1 is 0.846 bits per heavy atom. The lowest BCUT2D eigenvalue weighted by Gasteiger charge is -2.11. The summed E-state index contributed by atoms with van der Waals surface area (Å²) in [5.41, 5.74) is 2.70. The van der Waals surface area contributed by atoms with E-state index in [1.807, 2.05) is 37.3 Å². The van der Waals surface area contributed by atoms with Crippen molar-refractivity contribution in [3.63, 3.8) is 0 Å². The number of rotatable bonds is 4. The Hall–Kier alpha value is -2.44. The number of carbonyl (C=O) groups is 1. The Balaban J connectivity index is 0.00000105. The Labute approximate surface area is 155 Å². The van der Waals surface area contributed by atoms with Crippen LogP contribution in [0.2, 0.25) is 0 Å². The van der Waals surface area contributed by atoms with Crippen LogP contribution in [0.3, 0.4) is 0 Å². The van der Waals surface area contributed by atoms with E-state index in [2.05, 4.69) is 4.74 Å². The van der Waals surface area contributed by atoms with E-state index in [1.54, 1.807) is 26.4 Å². The molecule has 0 heterocycles. The number of methoxy groups -OCH3 is 2. The van der Waals surface area contributed by atoms with Gasteiger partial charge in [-0.15, -0.1) is 0 Å². The van der Waals surface area contributed by atoms with Gasteiger partial charge < -0.3 is 9.47 Å². The summed E-state index contributed by atoms with van der Waals surface area (Å²) in [6.07, 6.45) is 1.16. The first-order valence-electron chi connectivity index (χ1n) is 7.81. The molecule has 0 N–H and O–H groups in total. The normalized spacial score (nSPS) is 11.7. The second kappa shape index (κ2) is 9.89. The van der Waals surface area contributed by atoms with Gasteiger partial charge in [0, 0.05) is 20.5 Å². The molecule has 0 fully saturated rings. The monoisotopic (exact) mass is 376 g/mol. The first-order chi connectivity index (χ1) is 12.3. The molecular weight excluding hydrogens is 352 g/mol. The number of benzene rings is 2. The lowest BCUT2D eigenvalue weighted by Crippen LogP contribution is -2.06. The van der Waals surface area contributed by atoms with E-state index in [0.717, 1.165) is 23.0 Å². The highest BCUT2D eigenvalue weighted by molar-refractivity contribution is 7.90. The average Bonchev–Trinajstić information content (AvgIpc) is 2.62. The van der Waals surface area contributed by atoms with Crippen LogP contribution >= 0.6 is 0 Å². The maximum Gasteiger partial charge on any atom is 0.338 e. The van der Waals surface area contributed by atoms with Crippen molar-refractivity contribution in [1.29, 1.82) is 0 Å². The predicted molar refractivity (Wildman–Crippen MR) is 103 cm³/mol. The zero-order valence-electron chi connectivity index (χ0n) is 15.6. The van der Waals surface area contributed by atoms with Crippen LogP contribution in [0.4, 0.5) is 0 Å². The molecule has 26 heavy (non-hydrogen) atoms. The van der Waals surface area contributed by atoms with Gasteiger partial charge in [0.25, 0.3) is 0 Å². The molecule has 0 spiro atoms. The summed E-state index contributed by atoms with van der Waals surface area (Å²) in [4.78, 5) is 12.4. The van der Waals surface area contributed by atoms with Crippen LogP contribution < -0.4 is 0 Å². The molecule has 0 aromatic heterocycles. The van der Waals surface area contributed by atoms with Crippen LogP contribution in [0, 0.1) is 0 Å². The van der Waals surface area contributed by atoms with Crippen molar-refractivity contribution in [2.24, 2.45) is 0 Å². The minimum atomic E-state index is -3.25. The summed E-state index contributed by atoms with van der Waals surface area (Å²) < 4.78 is 32.2. The zero-order chi connectivity index (χ0) is 19.7. The number of allylic oxidation sites excluding steroid dienone is 1. The van der Waals surface area contributed by atoms with E-state index >= 15 is 0 Å². The molecule has 2 aromatic carbocycles. The van der Waals surface area contributed by atoms with Crippen molar-refractivity contribution in [3.05, 3.63) is 65.7 Å². The van der Waals surface area contributed by atoms with Gasteiger partial charge in [0.15, 0.2) is 9.84 Å². The summed E-state index contributed by atoms with van der Waals surface area (Å²) in [5.74, 6) is -0.430. The topological polar surface area (TPSA) is 69.7 Å². The summed E-state index contributed by atoms with van der Waals surface area (Å²) >= 11 is 0. The van der Waals surface area contributed by atoms with E-state index in [9.17, 15) is 13.2 Å². The van der Waals surface area contributed by atoms with E-state index in [-0.39, 0.29) is 4.90 Å². The van der Waals surface area contributed by atoms with Gasteiger partial charge in [0.05, 0.1) is 17.6 Å². The van der Waals surface area contributed by atoms with Crippen LogP contribution in [0.25, 0.3) is 11.1 Å². The number of ether oxygens (including phenoxy) is 2. The maximum absolute atomic E-state index is 12.2. The first kappa shape index (κ1) is 21.6. The molecule has 0 saturated heterocycles. The molecule has 0 bridgehead atoms. The standard InChI is InChI=1S/C18H18O4S.C2H6O/c1-13(14-9-11-16(12-10-14)23(3,20)21)17(18(19)22-2)15-7-5-4-6-8-15;1-3-2/h4-12H,1-3H3;1-2H3/b17-13+;. The maximum atomic E-state index is 12.2. The van der Waals surface area contributed by atoms with Crippen molar-refractivity contribution in [1.82, 2.24) is 0 Å². The van der Waals surface area contributed by atoms with Gasteiger partial charge in [-0.1, -0.05) is 42.5 Å². The Bertz CT molecular complexity index is 851. The van der Waals surface area contributed by atoms with Crippen LogP contribution in [0.15, 0.2) is 59.5 Å². The lowest BCUT2D eigenvalue weighted by atomic mass is 9.96. The molecule has 2 rings (SSSR count). The van der Waals surface area contributed by atoms with Gasteiger partial charge in [0.2, 0.25) is 0 Å². The molecule has 6 heteroatoms. The van der Waals surface area contributed by atoms with Crippen LogP contribution in [-0.2, 0) is 24.1 Å². The molecule has 0 aliphatic carbocycles. The van der Waals surface area contributed by atoms with E-state index in [0.29, 0.717) is 5.57 Å². The molecule has 5 nitrogen and oxygen atoms in total. The van der Waals surface area contributed by atoms with E-state index in [1.165, 1.54) is 19.2 Å². The van der Waals surface area contributed by atoms with Crippen molar-refractivity contribution >= 4 is 27.0 Å². The highest BCUT2D eigenvalue weighted by Gasteiger charge is 2.17. The second-order valence-corrected chi connectivity index (χ2v) is 7.58. The molecule has 0 radical (unpaired) electrons. The third-order valence-corrected chi connectivity index (χ3v) is 4.67. The second-order valence-electron chi connectivity index (χ2n) is 5.56. The van der Waals surface area contributed by atoms with Crippen LogP contribution in [-0.4, -0.2) is 42.0 Å². The smallest absolute Gasteiger partial charge is 0.338 e. The summed E-state index contributed by atoms with van der Waals surface area (Å²) in [5, 5.41) is 0. The molecule has 0 aliphatic heterocycles. The quantitative estimate of drug-likeness (QED) is 0.464. The summed E-state index contributed by atoms with van der Waals surface area (Å²) in [6.45, 7) is 1.81. The van der Waals surface area contributed by atoms with Crippen molar-refractivity contribution in [2.45, 2.75) is 11.8 Å². The van der Waals surface area contributed by atoms with Gasteiger partial charge in [-0.2, -0.15) is 0 Å². The minimum Gasteiger partial charge on any atom is -0.465 e. The molecule has 0 saturated carbocycles. The number of hydrogen-bond acceptors (Lipinski definition) is 5. The summed E-state index contributed by atoms with van der Waals surface area (Å²) in [6, 6.07) is 15.7. The Kier molecular flexibility index (Phi) is 8.22. The third-order valence-electron chi connectivity index (χ3n) is 3.54. The molecule has 2 aromatic rings. The molecule has 0 aliphatic rings. The van der Waals surface area contributed by atoms with Crippen molar-refractivity contribution < 1.29 is 22.7 Å². The minimum absolute atomic E-state index is 0.244. The number of esters is 1. The van der Waals surface area contributed by atoms with Gasteiger partial charge in [0.1, 0.15) is 0 Å². The van der Waals surface area contributed by atoms with Crippen LogP contribution in [0.5, 0.6) is 0 Å². The van der Waals surface area contributed by atoms with E-state index in [4.69, 9.17) is 4.74 Å².